The molecule has 4 aromatic rings. The highest BCUT2D eigenvalue weighted by molar-refractivity contribution is 5.98. The molecule has 2 heterocycles. The number of hydrogen-bond acceptors (Lipinski definition) is 3. The van der Waals surface area contributed by atoms with Crippen molar-refractivity contribution in [2.75, 3.05) is 20.1 Å². The summed E-state index contributed by atoms with van der Waals surface area (Å²) in [5.41, 5.74) is 3.24. The van der Waals surface area contributed by atoms with Crippen LogP contribution in [0.25, 0.3) is 10.8 Å². The smallest absolute Gasteiger partial charge is 0.253 e. The molecule has 0 radical (unpaired) electrons. The number of rotatable bonds is 7. The molecular weight excluding hydrogens is 460 g/mol. The average Bonchev–Trinajstić information content (AvgIpc) is 3.45. The minimum Gasteiger partial charge on any atom is -0.341 e. The molecule has 1 saturated heterocycles. The highest BCUT2D eigenvalue weighted by atomic mass is 16.2. The van der Waals surface area contributed by atoms with Gasteiger partial charge in [-0.05, 0) is 72.2 Å². The van der Waals surface area contributed by atoms with Gasteiger partial charge in [0.25, 0.3) is 5.91 Å². The number of likely N-dealkylation sites (N-methyl/N-ethyl adjacent to an activating group) is 1. The number of aryl methyl sites for hydroxylation is 1. The van der Waals surface area contributed by atoms with E-state index in [0.717, 1.165) is 35.6 Å². The van der Waals surface area contributed by atoms with E-state index in [1.54, 1.807) is 10.9 Å². The van der Waals surface area contributed by atoms with Crippen molar-refractivity contribution in [1.29, 1.82) is 0 Å². The SMILES string of the molecule is Cc1ccccc1C[C@H](C1CCN(C(=O)c2ccc3ccccc3c2)CC1)N(C)C(=O)Cn1cccn1. The van der Waals surface area contributed by atoms with Crippen molar-refractivity contribution in [3.8, 4) is 0 Å². The van der Waals surface area contributed by atoms with Crippen LogP contribution < -0.4 is 0 Å². The second-order valence-corrected chi connectivity index (χ2v) is 10.1. The first-order valence-corrected chi connectivity index (χ1v) is 13.1. The van der Waals surface area contributed by atoms with Crippen LogP contribution in [-0.2, 0) is 17.8 Å². The van der Waals surface area contributed by atoms with Gasteiger partial charge in [-0.2, -0.15) is 5.10 Å². The van der Waals surface area contributed by atoms with Crippen molar-refractivity contribution in [2.24, 2.45) is 5.92 Å². The minimum absolute atomic E-state index is 0.0527. The molecule has 0 spiro atoms. The van der Waals surface area contributed by atoms with E-state index in [0.29, 0.717) is 19.0 Å². The van der Waals surface area contributed by atoms with Crippen LogP contribution in [0, 0.1) is 12.8 Å². The van der Waals surface area contributed by atoms with Gasteiger partial charge in [-0.15, -0.1) is 0 Å². The first-order chi connectivity index (χ1) is 18.0. The summed E-state index contributed by atoms with van der Waals surface area (Å²) in [6.45, 7) is 3.75. The van der Waals surface area contributed by atoms with Crippen molar-refractivity contribution in [2.45, 2.75) is 38.8 Å². The molecule has 37 heavy (non-hydrogen) atoms. The van der Waals surface area contributed by atoms with E-state index < -0.39 is 0 Å². The lowest BCUT2D eigenvalue weighted by Gasteiger charge is -2.40. The number of piperidine rings is 1. The van der Waals surface area contributed by atoms with Crippen molar-refractivity contribution >= 4 is 22.6 Å². The summed E-state index contributed by atoms with van der Waals surface area (Å²) in [5, 5.41) is 6.43. The number of hydrogen-bond donors (Lipinski definition) is 0. The fourth-order valence-electron chi connectivity index (χ4n) is 5.51. The van der Waals surface area contributed by atoms with Crippen LogP contribution in [-0.4, -0.2) is 57.6 Å². The Hall–Kier alpha value is -3.93. The van der Waals surface area contributed by atoms with Crippen LogP contribution in [0.5, 0.6) is 0 Å². The molecule has 0 bridgehead atoms. The zero-order chi connectivity index (χ0) is 25.8. The third-order valence-corrected chi connectivity index (χ3v) is 7.81. The molecule has 2 amide bonds. The number of carbonyl (C=O) groups is 2. The normalized spacial score (nSPS) is 15.0. The standard InChI is InChI=1S/C31H34N4O2/c1-23-8-3-4-10-26(23)21-29(33(2)30(36)22-35-17-7-16-32-35)25-14-18-34(19-15-25)31(37)28-13-12-24-9-5-6-11-27(24)20-28/h3-13,16-17,20,25,29H,14-15,18-19,21-22H2,1-2H3/t29-/m1/s1. The van der Waals surface area contributed by atoms with Crippen LogP contribution in [0.2, 0.25) is 0 Å². The second kappa shape index (κ2) is 11.0. The summed E-state index contributed by atoms with van der Waals surface area (Å²) in [7, 11) is 1.92. The molecule has 1 aliphatic heterocycles. The Balaban J connectivity index is 1.30. The first kappa shape index (κ1) is 24.8. The van der Waals surface area contributed by atoms with E-state index in [4.69, 9.17) is 0 Å². The zero-order valence-electron chi connectivity index (χ0n) is 21.6. The monoisotopic (exact) mass is 494 g/mol. The minimum atomic E-state index is 0.0527. The maximum atomic E-state index is 13.3. The van der Waals surface area contributed by atoms with Gasteiger partial charge in [-0.1, -0.05) is 54.6 Å². The molecule has 5 rings (SSSR count). The number of aromatic nitrogens is 2. The number of likely N-dealkylation sites (tertiary alicyclic amines) is 1. The van der Waals surface area contributed by atoms with E-state index in [2.05, 4.69) is 42.4 Å². The lowest BCUT2D eigenvalue weighted by molar-refractivity contribution is -0.134. The van der Waals surface area contributed by atoms with Gasteiger partial charge in [0.1, 0.15) is 6.54 Å². The van der Waals surface area contributed by atoms with Gasteiger partial charge in [-0.25, -0.2) is 0 Å². The number of amides is 2. The van der Waals surface area contributed by atoms with Gasteiger partial charge in [0.15, 0.2) is 0 Å². The Kier molecular flexibility index (Phi) is 7.35. The van der Waals surface area contributed by atoms with Crippen molar-refractivity contribution in [3.05, 3.63) is 102 Å². The van der Waals surface area contributed by atoms with Crippen molar-refractivity contribution < 1.29 is 9.59 Å². The van der Waals surface area contributed by atoms with E-state index in [-0.39, 0.29) is 24.4 Å². The molecule has 0 saturated carbocycles. The Morgan fingerprint density at radius 2 is 1.70 bits per heavy atom. The molecule has 1 aromatic heterocycles. The van der Waals surface area contributed by atoms with Crippen LogP contribution in [0.1, 0.15) is 34.3 Å². The zero-order valence-corrected chi connectivity index (χ0v) is 21.6. The van der Waals surface area contributed by atoms with Gasteiger partial charge >= 0.3 is 0 Å². The third-order valence-electron chi connectivity index (χ3n) is 7.81. The largest absolute Gasteiger partial charge is 0.341 e. The fraction of sp³-hybridized carbons (Fsp3) is 0.323. The average molecular weight is 495 g/mol. The van der Waals surface area contributed by atoms with Gasteiger partial charge < -0.3 is 9.80 Å². The molecule has 0 unspecified atom stereocenters. The predicted molar refractivity (Wildman–Crippen MR) is 146 cm³/mol. The molecule has 6 heteroatoms. The van der Waals surface area contributed by atoms with Crippen LogP contribution in [0.15, 0.2) is 85.2 Å². The van der Waals surface area contributed by atoms with E-state index in [1.165, 1.54) is 11.1 Å². The molecule has 1 fully saturated rings. The van der Waals surface area contributed by atoms with E-state index in [9.17, 15) is 9.59 Å². The van der Waals surface area contributed by atoms with E-state index in [1.807, 2.05) is 65.5 Å². The van der Waals surface area contributed by atoms with Crippen molar-refractivity contribution in [3.63, 3.8) is 0 Å². The summed E-state index contributed by atoms with van der Waals surface area (Å²) < 4.78 is 1.68. The van der Waals surface area contributed by atoms with Gasteiger partial charge in [-0.3, -0.25) is 14.3 Å². The Morgan fingerprint density at radius 1 is 0.973 bits per heavy atom. The van der Waals surface area contributed by atoms with Crippen LogP contribution >= 0.6 is 0 Å². The van der Waals surface area contributed by atoms with Crippen molar-refractivity contribution in [1.82, 2.24) is 19.6 Å². The number of carbonyl (C=O) groups excluding carboxylic acids is 2. The predicted octanol–water partition coefficient (Wildman–Crippen LogP) is 4.97. The number of nitrogens with zero attached hydrogens (tertiary/aromatic N) is 4. The lowest BCUT2D eigenvalue weighted by atomic mass is 9.84. The Morgan fingerprint density at radius 3 is 2.43 bits per heavy atom. The van der Waals surface area contributed by atoms with E-state index >= 15 is 0 Å². The Bertz CT molecular complexity index is 1370. The molecule has 190 valence electrons. The molecule has 1 aliphatic rings. The van der Waals surface area contributed by atoms with Gasteiger partial charge in [0.05, 0.1) is 0 Å². The maximum Gasteiger partial charge on any atom is 0.253 e. The molecular formula is C31H34N4O2. The molecule has 1 atom stereocenters. The summed E-state index contributed by atoms with van der Waals surface area (Å²) in [6.07, 6.45) is 6.06. The van der Waals surface area contributed by atoms with Crippen LogP contribution in [0.3, 0.4) is 0 Å². The van der Waals surface area contributed by atoms with Crippen LogP contribution in [0.4, 0.5) is 0 Å². The maximum absolute atomic E-state index is 13.3. The molecule has 0 N–H and O–H groups in total. The topological polar surface area (TPSA) is 58.4 Å². The Labute approximate surface area is 218 Å². The molecule has 6 nitrogen and oxygen atoms in total. The summed E-state index contributed by atoms with van der Waals surface area (Å²) in [6, 6.07) is 24.4. The second-order valence-electron chi connectivity index (χ2n) is 10.1. The summed E-state index contributed by atoms with van der Waals surface area (Å²) in [4.78, 5) is 30.4. The van der Waals surface area contributed by atoms with Gasteiger partial charge in [0, 0.05) is 44.1 Å². The first-order valence-electron chi connectivity index (χ1n) is 13.1. The lowest BCUT2D eigenvalue weighted by Crippen LogP contribution is -2.49. The fourth-order valence-corrected chi connectivity index (χ4v) is 5.51. The molecule has 0 aliphatic carbocycles. The highest BCUT2D eigenvalue weighted by Gasteiger charge is 2.33. The quantitative estimate of drug-likeness (QED) is 0.365. The van der Waals surface area contributed by atoms with Gasteiger partial charge in [0.2, 0.25) is 5.91 Å². The summed E-state index contributed by atoms with van der Waals surface area (Å²) >= 11 is 0. The third kappa shape index (κ3) is 5.58. The molecule has 3 aromatic carbocycles. The highest BCUT2D eigenvalue weighted by Crippen LogP contribution is 2.28. The summed E-state index contributed by atoms with van der Waals surface area (Å²) in [5.74, 6) is 0.451. The number of fused-ring (bicyclic) bond motifs is 1. The number of benzene rings is 3.